The predicted octanol–water partition coefficient (Wildman–Crippen LogP) is 5.36. The minimum Gasteiger partial charge on any atom is -0.490 e. The summed E-state index contributed by atoms with van der Waals surface area (Å²) in [5.74, 6) is 1.14. The molecule has 0 heterocycles. The van der Waals surface area contributed by atoms with Gasteiger partial charge in [0, 0.05) is 21.8 Å². The molecule has 0 aliphatic carbocycles. The van der Waals surface area contributed by atoms with E-state index in [4.69, 9.17) is 21.1 Å². The van der Waals surface area contributed by atoms with Crippen molar-refractivity contribution in [3.63, 3.8) is 0 Å². The number of urea groups is 1. The van der Waals surface area contributed by atoms with Crippen LogP contribution in [0.2, 0.25) is 5.02 Å². The van der Waals surface area contributed by atoms with Crippen LogP contribution < -0.4 is 20.2 Å². The van der Waals surface area contributed by atoms with Gasteiger partial charge in [-0.2, -0.15) is 5.10 Å². The highest BCUT2D eigenvalue weighted by Gasteiger charge is 2.10. The summed E-state index contributed by atoms with van der Waals surface area (Å²) < 4.78 is 12.1. The molecule has 6 nitrogen and oxygen atoms in total. The molecule has 0 aliphatic heterocycles. The maximum Gasteiger partial charge on any atom is 0.339 e. The van der Waals surface area contributed by atoms with Gasteiger partial charge in [-0.05, 0) is 50.6 Å². The second-order valence-corrected chi connectivity index (χ2v) is 6.74. The first-order valence-electron chi connectivity index (χ1n) is 8.40. The SMILES string of the molecule is CCOc1cc(Cl)c(/C=N/NC(=O)Nc2ccc(Br)c(C)c2)cc1OCC. The van der Waals surface area contributed by atoms with Crippen LogP contribution in [0.3, 0.4) is 0 Å². The number of carbonyl (C=O) groups excluding carboxylic acids is 1. The van der Waals surface area contributed by atoms with E-state index in [1.165, 1.54) is 6.21 Å². The Hall–Kier alpha value is -2.25. The third kappa shape index (κ3) is 6.15. The van der Waals surface area contributed by atoms with E-state index in [9.17, 15) is 4.79 Å². The van der Waals surface area contributed by atoms with Crippen LogP contribution in [0.4, 0.5) is 10.5 Å². The molecule has 8 heteroatoms. The predicted molar refractivity (Wildman–Crippen MR) is 112 cm³/mol. The standard InChI is InChI=1S/C19H21BrClN3O3/c1-4-26-17-9-13(16(21)10-18(17)27-5-2)11-22-24-19(25)23-14-6-7-15(20)12(3)8-14/h6-11H,4-5H2,1-3H3,(H2,23,24,25)/b22-11+. The monoisotopic (exact) mass is 453 g/mol. The zero-order valence-corrected chi connectivity index (χ0v) is 17.6. The molecule has 0 aromatic heterocycles. The van der Waals surface area contributed by atoms with Gasteiger partial charge in [-0.1, -0.05) is 27.5 Å². The maximum absolute atomic E-state index is 12.0. The number of anilines is 1. The number of hydrazone groups is 1. The first kappa shape index (κ1) is 21.1. The Morgan fingerprint density at radius 1 is 1.19 bits per heavy atom. The Morgan fingerprint density at radius 2 is 1.85 bits per heavy atom. The number of nitrogens with one attached hydrogen (secondary N) is 2. The Morgan fingerprint density at radius 3 is 2.48 bits per heavy atom. The van der Waals surface area contributed by atoms with Gasteiger partial charge in [0.2, 0.25) is 0 Å². The molecule has 0 atom stereocenters. The molecule has 0 saturated carbocycles. The molecule has 0 saturated heterocycles. The second-order valence-electron chi connectivity index (χ2n) is 5.47. The molecule has 2 aromatic carbocycles. The lowest BCUT2D eigenvalue weighted by atomic mass is 10.2. The van der Waals surface area contributed by atoms with Crippen molar-refractivity contribution in [2.24, 2.45) is 5.10 Å². The normalized spacial score (nSPS) is 10.7. The topological polar surface area (TPSA) is 72.0 Å². The van der Waals surface area contributed by atoms with E-state index in [0.29, 0.717) is 41.0 Å². The lowest BCUT2D eigenvalue weighted by Gasteiger charge is -2.12. The molecule has 2 N–H and O–H groups in total. The summed E-state index contributed by atoms with van der Waals surface area (Å²) in [6, 6.07) is 8.44. The number of hydrogen-bond acceptors (Lipinski definition) is 4. The number of rotatable bonds is 7. The van der Waals surface area contributed by atoms with Crippen LogP contribution in [0.1, 0.15) is 25.0 Å². The van der Waals surface area contributed by atoms with Crippen molar-refractivity contribution in [3.8, 4) is 11.5 Å². The van der Waals surface area contributed by atoms with Gasteiger partial charge in [0.05, 0.1) is 24.5 Å². The van der Waals surface area contributed by atoms with Crippen molar-refractivity contribution in [1.82, 2.24) is 5.43 Å². The van der Waals surface area contributed by atoms with Crippen LogP contribution in [0.25, 0.3) is 0 Å². The van der Waals surface area contributed by atoms with E-state index in [1.807, 2.05) is 32.9 Å². The molecule has 2 rings (SSSR count). The van der Waals surface area contributed by atoms with Crippen LogP contribution in [0.15, 0.2) is 39.9 Å². The molecule has 0 radical (unpaired) electrons. The van der Waals surface area contributed by atoms with Crippen molar-refractivity contribution >= 4 is 45.5 Å². The molecule has 0 aliphatic rings. The molecule has 0 spiro atoms. The van der Waals surface area contributed by atoms with Gasteiger partial charge in [0.25, 0.3) is 0 Å². The van der Waals surface area contributed by atoms with Gasteiger partial charge >= 0.3 is 6.03 Å². The number of halogens is 2. The summed E-state index contributed by atoms with van der Waals surface area (Å²) in [7, 11) is 0. The lowest BCUT2D eigenvalue weighted by molar-refractivity contribution is 0.252. The summed E-state index contributed by atoms with van der Waals surface area (Å²) >= 11 is 9.67. The minimum absolute atomic E-state index is 0.441. The number of ether oxygens (including phenoxy) is 2. The number of carbonyl (C=O) groups is 1. The van der Waals surface area contributed by atoms with Crippen LogP contribution >= 0.6 is 27.5 Å². The van der Waals surface area contributed by atoms with Gasteiger partial charge < -0.3 is 14.8 Å². The number of benzene rings is 2. The third-order valence-corrected chi connectivity index (χ3v) is 4.67. The molecule has 27 heavy (non-hydrogen) atoms. The highest BCUT2D eigenvalue weighted by Crippen LogP contribution is 2.33. The molecular weight excluding hydrogens is 434 g/mol. The lowest BCUT2D eigenvalue weighted by Crippen LogP contribution is -2.24. The van der Waals surface area contributed by atoms with Crippen LogP contribution in [0, 0.1) is 6.92 Å². The van der Waals surface area contributed by atoms with Gasteiger partial charge in [0.15, 0.2) is 11.5 Å². The van der Waals surface area contributed by atoms with E-state index in [-0.39, 0.29) is 0 Å². The molecule has 0 bridgehead atoms. The molecule has 0 unspecified atom stereocenters. The second kappa shape index (κ2) is 10.2. The number of nitrogens with zero attached hydrogens (tertiary/aromatic N) is 1. The number of hydrogen-bond donors (Lipinski definition) is 2. The van der Waals surface area contributed by atoms with Crippen LogP contribution in [-0.4, -0.2) is 25.5 Å². The average molecular weight is 455 g/mol. The maximum atomic E-state index is 12.0. The Bertz CT molecular complexity index is 843. The zero-order valence-electron chi connectivity index (χ0n) is 15.3. The molecule has 2 amide bonds. The minimum atomic E-state index is -0.458. The van der Waals surface area contributed by atoms with Gasteiger partial charge in [0.1, 0.15) is 0 Å². The molecule has 2 aromatic rings. The van der Waals surface area contributed by atoms with Crippen molar-refractivity contribution in [2.45, 2.75) is 20.8 Å². The summed E-state index contributed by atoms with van der Waals surface area (Å²) in [5.41, 5.74) is 4.69. The van der Waals surface area contributed by atoms with E-state index in [1.54, 1.807) is 18.2 Å². The van der Waals surface area contributed by atoms with Crippen molar-refractivity contribution in [3.05, 3.63) is 51.0 Å². The fraction of sp³-hybridized carbons (Fsp3) is 0.263. The Balaban J connectivity index is 2.05. The third-order valence-electron chi connectivity index (χ3n) is 3.45. The molecule has 144 valence electrons. The molecule has 0 fully saturated rings. The Kier molecular flexibility index (Phi) is 7.94. The van der Waals surface area contributed by atoms with E-state index in [0.717, 1.165) is 10.0 Å². The fourth-order valence-corrected chi connectivity index (χ4v) is 2.68. The fourth-order valence-electron chi connectivity index (χ4n) is 2.23. The quantitative estimate of drug-likeness (QED) is 0.437. The zero-order chi connectivity index (χ0) is 19.8. The highest BCUT2D eigenvalue weighted by atomic mass is 79.9. The van der Waals surface area contributed by atoms with E-state index in [2.05, 4.69) is 31.8 Å². The molecular formula is C19H21BrClN3O3. The largest absolute Gasteiger partial charge is 0.490 e. The van der Waals surface area contributed by atoms with Gasteiger partial charge in [-0.25, -0.2) is 10.2 Å². The summed E-state index contributed by atoms with van der Waals surface area (Å²) in [5, 5.41) is 7.09. The van der Waals surface area contributed by atoms with Gasteiger partial charge in [-0.15, -0.1) is 0 Å². The summed E-state index contributed by atoms with van der Waals surface area (Å²) in [6.45, 7) is 6.70. The van der Waals surface area contributed by atoms with Crippen molar-refractivity contribution < 1.29 is 14.3 Å². The smallest absolute Gasteiger partial charge is 0.339 e. The first-order chi connectivity index (χ1) is 12.9. The van der Waals surface area contributed by atoms with Crippen LogP contribution in [-0.2, 0) is 0 Å². The van der Waals surface area contributed by atoms with Crippen molar-refractivity contribution in [1.29, 1.82) is 0 Å². The van der Waals surface area contributed by atoms with Crippen molar-refractivity contribution in [2.75, 3.05) is 18.5 Å². The average Bonchev–Trinajstić information content (AvgIpc) is 2.62. The highest BCUT2D eigenvalue weighted by molar-refractivity contribution is 9.10. The number of aryl methyl sites for hydroxylation is 1. The first-order valence-corrected chi connectivity index (χ1v) is 9.57. The Labute approximate surface area is 172 Å². The number of amides is 2. The van der Waals surface area contributed by atoms with Gasteiger partial charge in [-0.3, -0.25) is 0 Å². The summed E-state index contributed by atoms with van der Waals surface area (Å²) in [4.78, 5) is 12.0. The van der Waals surface area contributed by atoms with E-state index < -0.39 is 6.03 Å². The van der Waals surface area contributed by atoms with Crippen LogP contribution in [0.5, 0.6) is 11.5 Å². The summed E-state index contributed by atoms with van der Waals surface area (Å²) in [6.07, 6.45) is 1.45. The van der Waals surface area contributed by atoms with E-state index >= 15 is 0 Å².